The first-order chi connectivity index (χ1) is 15.2. The van der Waals surface area contributed by atoms with Crippen LogP contribution in [0.1, 0.15) is 24.8 Å². The molecule has 31 heavy (non-hydrogen) atoms. The van der Waals surface area contributed by atoms with E-state index in [-0.39, 0.29) is 17.4 Å². The number of nitrogens with one attached hydrogen (secondary N) is 2. The Hall–Kier alpha value is -3.99. The minimum Gasteiger partial charge on any atom is -0.351 e. The third-order valence-electron chi connectivity index (χ3n) is 6.01. The van der Waals surface area contributed by atoms with E-state index in [2.05, 4.69) is 26.3 Å². The van der Waals surface area contributed by atoms with Gasteiger partial charge in [-0.05, 0) is 54.0 Å². The molecular weight excluding hydrogens is 392 g/mol. The summed E-state index contributed by atoms with van der Waals surface area (Å²) >= 11 is 0. The Balaban J connectivity index is 1.46. The third-order valence-corrected chi connectivity index (χ3v) is 6.01. The van der Waals surface area contributed by atoms with Gasteiger partial charge >= 0.3 is 0 Å². The summed E-state index contributed by atoms with van der Waals surface area (Å²) in [4.78, 5) is 36.7. The van der Waals surface area contributed by atoms with E-state index >= 15 is 0 Å². The number of benzene rings is 1. The maximum atomic E-state index is 12.7. The predicted octanol–water partition coefficient (Wildman–Crippen LogP) is 2.82. The Bertz CT molecular complexity index is 1390. The first-order valence-electron chi connectivity index (χ1n) is 10.3. The van der Waals surface area contributed by atoms with Crippen molar-refractivity contribution in [1.82, 2.24) is 24.8 Å². The van der Waals surface area contributed by atoms with E-state index in [0.29, 0.717) is 23.5 Å². The molecule has 1 aliphatic rings. The van der Waals surface area contributed by atoms with Crippen LogP contribution in [0.5, 0.6) is 0 Å². The van der Waals surface area contributed by atoms with Gasteiger partial charge in [-0.2, -0.15) is 5.26 Å². The summed E-state index contributed by atoms with van der Waals surface area (Å²) in [7, 11) is 0. The van der Waals surface area contributed by atoms with Gasteiger partial charge in [-0.3, -0.25) is 14.2 Å². The van der Waals surface area contributed by atoms with Crippen molar-refractivity contribution in [1.29, 1.82) is 5.26 Å². The molecule has 154 valence electrons. The number of aromatic amines is 1. The number of aromatic nitrogens is 4. The van der Waals surface area contributed by atoms with Gasteiger partial charge in [0.15, 0.2) is 5.82 Å². The molecule has 3 aromatic heterocycles. The number of rotatable bonds is 5. The fraction of sp³-hybridized carbons (Fsp3) is 0.261. The highest BCUT2D eigenvalue weighted by Crippen LogP contribution is 2.33. The van der Waals surface area contributed by atoms with Crippen LogP contribution in [0.25, 0.3) is 27.8 Å². The van der Waals surface area contributed by atoms with E-state index in [4.69, 9.17) is 0 Å². The monoisotopic (exact) mass is 412 g/mol. The molecule has 8 nitrogen and oxygen atoms in total. The molecule has 8 heteroatoms. The van der Waals surface area contributed by atoms with Crippen molar-refractivity contribution < 1.29 is 4.79 Å². The molecule has 1 saturated carbocycles. The smallest absolute Gasteiger partial charge is 0.256 e. The molecule has 1 aliphatic carbocycles. The number of amides is 1. The molecule has 1 unspecified atom stereocenters. The Kier molecular flexibility index (Phi) is 4.71. The van der Waals surface area contributed by atoms with Crippen molar-refractivity contribution in [3.05, 3.63) is 64.8 Å². The van der Waals surface area contributed by atoms with Crippen molar-refractivity contribution >= 4 is 27.8 Å². The molecule has 1 atom stereocenters. The summed E-state index contributed by atoms with van der Waals surface area (Å²) in [5.41, 5.74) is 2.08. The number of fused-ring (bicyclic) bond motifs is 2. The van der Waals surface area contributed by atoms with Gasteiger partial charge in [-0.25, -0.2) is 9.97 Å². The van der Waals surface area contributed by atoms with Crippen molar-refractivity contribution in [2.45, 2.75) is 25.8 Å². The summed E-state index contributed by atoms with van der Waals surface area (Å²) in [6.45, 7) is 0.328. The number of hydrogen-bond acceptors (Lipinski definition) is 5. The Morgan fingerprint density at radius 1 is 1.26 bits per heavy atom. The van der Waals surface area contributed by atoms with E-state index in [1.165, 1.54) is 12.4 Å². The molecule has 1 amide bonds. The summed E-state index contributed by atoms with van der Waals surface area (Å²) in [5, 5.41) is 13.8. The maximum absolute atomic E-state index is 12.7. The van der Waals surface area contributed by atoms with Gasteiger partial charge in [0.2, 0.25) is 5.91 Å². The Morgan fingerprint density at radius 3 is 2.90 bits per heavy atom. The number of H-pyrrole nitrogens is 1. The Morgan fingerprint density at radius 2 is 2.13 bits per heavy atom. The van der Waals surface area contributed by atoms with Crippen LogP contribution in [-0.4, -0.2) is 25.4 Å². The van der Waals surface area contributed by atoms with Gasteiger partial charge in [0.05, 0.1) is 17.0 Å². The van der Waals surface area contributed by atoms with Crippen molar-refractivity contribution in [2.75, 3.05) is 0 Å². The fourth-order valence-corrected chi connectivity index (χ4v) is 4.11. The summed E-state index contributed by atoms with van der Waals surface area (Å²) < 4.78 is 1.57. The van der Waals surface area contributed by atoms with E-state index in [1.54, 1.807) is 16.8 Å². The van der Waals surface area contributed by atoms with Gasteiger partial charge in [-0.15, -0.1) is 0 Å². The molecule has 1 fully saturated rings. The van der Waals surface area contributed by atoms with Crippen LogP contribution in [0.2, 0.25) is 0 Å². The molecule has 0 radical (unpaired) electrons. The second-order valence-corrected chi connectivity index (χ2v) is 7.85. The standard InChI is InChI=1S/C23H20N6O2/c24-11-18(15-2-1-3-15)23(31)26-12-14-4-6-19-16(10-14)5-7-20(30)29(19)22-17-8-9-25-21(17)27-13-28-22/h4-10,13,15,18H,1-3,12H2,(H,26,31)(H,25,27,28). The second kappa shape index (κ2) is 7.69. The summed E-state index contributed by atoms with van der Waals surface area (Å²) in [6, 6.07) is 12.9. The molecule has 5 rings (SSSR count). The number of pyridine rings is 1. The predicted molar refractivity (Wildman–Crippen MR) is 115 cm³/mol. The molecule has 0 bridgehead atoms. The van der Waals surface area contributed by atoms with Gasteiger partial charge in [0.25, 0.3) is 5.56 Å². The van der Waals surface area contributed by atoms with Crippen molar-refractivity contribution in [3.63, 3.8) is 0 Å². The van der Waals surface area contributed by atoms with Crippen LogP contribution in [0, 0.1) is 23.2 Å². The van der Waals surface area contributed by atoms with Gasteiger partial charge in [0, 0.05) is 18.8 Å². The summed E-state index contributed by atoms with van der Waals surface area (Å²) in [6.07, 6.45) is 6.16. The van der Waals surface area contributed by atoms with E-state index in [1.807, 2.05) is 24.3 Å². The molecule has 2 N–H and O–H groups in total. The lowest BCUT2D eigenvalue weighted by Gasteiger charge is -2.28. The first kappa shape index (κ1) is 19.0. The van der Waals surface area contributed by atoms with E-state index < -0.39 is 5.92 Å². The number of nitrogens with zero attached hydrogens (tertiary/aromatic N) is 4. The van der Waals surface area contributed by atoms with Crippen molar-refractivity contribution in [2.24, 2.45) is 11.8 Å². The highest BCUT2D eigenvalue weighted by atomic mass is 16.2. The highest BCUT2D eigenvalue weighted by molar-refractivity contribution is 5.87. The van der Waals surface area contributed by atoms with Crippen molar-refractivity contribution in [3.8, 4) is 11.9 Å². The fourth-order valence-electron chi connectivity index (χ4n) is 4.11. The molecule has 0 saturated heterocycles. The lowest BCUT2D eigenvalue weighted by molar-refractivity contribution is -0.125. The van der Waals surface area contributed by atoms with Crippen LogP contribution in [0.4, 0.5) is 0 Å². The largest absolute Gasteiger partial charge is 0.351 e. The zero-order valence-electron chi connectivity index (χ0n) is 16.7. The van der Waals surface area contributed by atoms with E-state index in [9.17, 15) is 14.9 Å². The first-order valence-corrected chi connectivity index (χ1v) is 10.3. The van der Waals surface area contributed by atoms with Gasteiger partial charge in [0.1, 0.15) is 17.9 Å². The van der Waals surface area contributed by atoms with Crippen LogP contribution >= 0.6 is 0 Å². The highest BCUT2D eigenvalue weighted by Gasteiger charge is 2.32. The summed E-state index contributed by atoms with van der Waals surface area (Å²) in [5.74, 6) is -0.108. The molecular formula is C23H20N6O2. The molecule has 4 aromatic rings. The second-order valence-electron chi connectivity index (χ2n) is 7.85. The third kappa shape index (κ3) is 3.34. The van der Waals surface area contributed by atoms with Gasteiger partial charge < -0.3 is 10.3 Å². The zero-order valence-corrected chi connectivity index (χ0v) is 16.7. The lowest BCUT2D eigenvalue weighted by atomic mass is 9.76. The van der Waals surface area contributed by atoms with Crippen LogP contribution in [0.3, 0.4) is 0 Å². The molecule has 1 aromatic carbocycles. The number of carbonyl (C=O) groups is 1. The number of nitriles is 1. The molecule has 3 heterocycles. The van der Waals surface area contributed by atoms with Crippen LogP contribution < -0.4 is 10.9 Å². The number of carbonyl (C=O) groups excluding carboxylic acids is 1. The quantitative estimate of drug-likeness (QED) is 0.523. The zero-order chi connectivity index (χ0) is 21.4. The number of hydrogen-bond donors (Lipinski definition) is 2. The normalized spacial score (nSPS) is 14.8. The average molecular weight is 412 g/mol. The van der Waals surface area contributed by atoms with Gasteiger partial charge in [-0.1, -0.05) is 12.5 Å². The minimum absolute atomic E-state index is 0.175. The van der Waals surface area contributed by atoms with Crippen LogP contribution in [0.15, 0.2) is 53.7 Å². The Labute approximate surface area is 177 Å². The average Bonchev–Trinajstić information content (AvgIpc) is 3.23. The topological polar surface area (TPSA) is 116 Å². The SMILES string of the molecule is N#CC(C(=O)NCc1ccc2c(ccc(=O)n2-c2ncnc3[nH]ccc23)c1)C1CCC1. The van der Waals surface area contributed by atoms with Crippen LogP contribution in [-0.2, 0) is 11.3 Å². The molecule has 0 spiro atoms. The lowest BCUT2D eigenvalue weighted by Crippen LogP contribution is -2.36. The molecule has 0 aliphatic heterocycles. The minimum atomic E-state index is -0.582. The maximum Gasteiger partial charge on any atom is 0.256 e. The van der Waals surface area contributed by atoms with E-state index in [0.717, 1.165) is 35.6 Å².